The summed E-state index contributed by atoms with van der Waals surface area (Å²) in [4.78, 5) is 21.3. The molecule has 0 spiro atoms. The first-order chi connectivity index (χ1) is 6.76. The maximum Gasteiger partial charge on any atom is 0.407 e. The Labute approximate surface area is 87.3 Å². The monoisotopic (exact) mass is 239 g/mol. The van der Waals surface area contributed by atoms with E-state index < -0.39 is 27.9 Å². The molecule has 0 aromatic heterocycles. The van der Waals surface area contributed by atoms with Crippen LogP contribution in [0.5, 0.6) is 0 Å². The van der Waals surface area contributed by atoms with Crippen molar-refractivity contribution in [3.05, 3.63) is 0 Å². The number of amides is 1. The van der Waals surface area contributed by atoms with Gasteiger partial charge in [-0.3, -0.25) is 0 Å². The standard InChI is InChI=1S/C7H13NO6S/c1-14-7(11)8-5(6(9)10)3-4-15(2,12)13/h5H,3-4H2,1-2H3,(H,8,11)(H,9,10)/t5-/m0/s1. The van der Waals surface area contributed by atoms with Gasteiger partial charge in [-0.15, -0.1) is 0 Å². The van der Waals surface area contributed by atoms with Gasteiger partial charge in [0.1, 0.15) is 15.9 Å². The molecule has 0 unspecified atom stereocenters. The lowest BCUT2D eigenvalue weighted by atomic mass is 10.2. The van der Waals surface area contributed by atoms with Gasteiger partial charge in [0.25, 0.3) is 0 Å². The fraction of sp³-hybridized carbons (Fsp3) is 0.714. The first-order valence-electron chi connectivity index (χ1n) is 4.01. The van der Waals surface area contributed by atoms with Gasteiger partial charge in [-0.25, -0.2) is 18.0 Å². The molecule has 1 amide bonds. The number of sulfone groups is 1. The minimum Gasteiger partial charge on any atom is -0.480 e. The quantitative estimate of drug-likeness (QED) is 0.652. The molecule has 2 N–H and O–H groups in total. The minimum absolute atomic E-state index is 0.191. The summed E-state index contributed by atoms with van der Waals surface area (Å²) in [5, 5.41) is 10.7. The zero-order valence-electron chi connectivity index (χ0n) is 8.39. The Morgan fingerprint density at radius 3 is 2.33 bits per heavy atom. The smallest absolute Gasteiger partial charge is 0.407 e. The Bertz CT molecular complexity index is 335. The van der Waals surface area contributed by atoms with Crippen LogP contribution in [0.15, 0.2) is 0 Å². The predicted octanol–water partition coefficient (Wildman–Crippen LogP) is -0.770. The molecule has 15 heavy (non-hydrogen) atoms. The van der Waals surface area contributed by atoms with Crippen molar-refractivity contribution in [2.45, 2.75) is 12.5 Å². The lowest BCUT2D eigenvalue weighted by molar-refractivity contribution is -0.139. The molecule has 0 saturated carbocycles. The molecule has 0 bridgehead atoms. The molecule has 1 atom stereocenters. The van der Waals surface area contributed by atoms with Gasteiger partial charge in [0.05, 0.1) is 12.9 Å². The molecule has 0 rings (SSSR count). The van der Waals surface area contributed by atoms with E-state index in [2.05, 4.69) is 4.74 Å². The summed E-state index contributed by atoms with van der Waals surface area (Å²) in [7, 11) is -2.16. The van der Waals surface area contributed by atoms with Crippen LogP contribution < -0.4 is 5.32 Å². The van der Waals surface area contributed by atoms with Crippen LogP contribution in [-0.2, 0) is 19.4 Å². The fourth-order valence-corrected chi connectivity index (χ4v) is 1.45. The third-order valence-electron chi connectivity index (χ3n) is 1.55. The van der Waals surface area contributed by atoms with Crippen molar-refractivity contribution in [1.29, 1.82) is 0 Å². The normalized spacial score (nSPS) is 12.9. The number of rotatable bonds is 5. The molecule has 0 radical (unpaired) electrons. The highest BCUT2D eigenvalue weighted by atomic mass is 32.2. The second kappa shape index (κ2) is 5.54. The second-order valence-corrected chi connectivity index (χ2v) is 5.21. The molecular formula is C7H13NO6S. The Kier molecular flexibility index (Phi) is 5.06. The van der Waals surface area contributed by atoms with E-state index in [9.17, 15) is 18.0 Å². The zero-order chi connectivity index (χ0) is 12.1. The summed E-state index contributed by atoms with van der Waals surface area (Å²) in [6.45, 7) is 0. The molecule has 0 heterocycles. The van der Waals surface area contributed by atoms with Crippen LogP contribution in [0.2, 0.25) is 0 Å². The lowest BCUT2D eigenvalue weighted by Gasteiger charge is -2.12. The molecule has 7 nitrogen and oxygen atoms in total. The third kappa shape index (κ3) is 6.72. The highest BCUT2D eigenvalue weighted by molar-refractivity contribution is 7.90. The van der Waals surface area contributed by atoms with Crippen LogP contribution >= 0.6 is 0 Å². The van der Waals surface area contributed by atoms with Gasteiger partial charge in [0, 0.05) is 6.26 Å². The van der Waals surface area contributed by atoms with Gasteiger partial charge in [0.2, 0.25) is 0 Å². The number of ether oxygens (including phenoxy) is 1. The van der Waals surface area contributed by atoms with Crippen LogP contribution in [-0.4, -0.2) is 50.7 Å². The van der Waals surface area contributed by atoms with Crippen molar-refractivity contribution in [3.63, 3.8) is 0 Å². The molecule has 0 aromatic rings. The molecule has 0 aromatic carbocycles. The van der Waals surface area contributed by atoms with Crippen LogP contribution in [0.3, 0.4) is 0 Å². The van der Waals surface area contributed by atoms with Crippen molar-refractivity contribution in [1.82, 2.24) is 5.32 Å². The Balaban J connectivity index is 4.30. The minimum atomic E-state index is -3.25. The Morgan fingerprint density at radius 2 is 2.00 bits per heavy atom. The number of carboxylic acids is 1. The van der Waals surface area contributed by atoms with E-state index in [0.29, 0.717) is 0 Å². The topological polar surface area (TPSA) is 110 Å². The predicted molar refractivity (Wildman–Crippen MR) is 51.3 cm³/mol. The molecule has 0 aliphatic carbocycles. The van der Waals surface area contributed by atoms with Gasteiger partial charge in [-0.2, -0.15) is 0 Å². The maximum atomic E-state index is 10.8. The van der Waals surface area contributed by atoms with Crippen molar-refractivity contribution >= 4 is 21.9 Å². The van der Waals surface area contributed by atoms with Crippen molar-refractivity contribution in [3.8, 4) is 0 Å². The van der Waals surface area contributed by atoms with E-state index in [1.54, 1.807) is 0 Å². The summed E-state index contributed by atoms with van der Waals surface area (Å²) >= 11 is 0. The summed E-state index contributed by atoms with van der Waals surface area (Å²) in [5.74, 6) is -1.61. The third-order valence-corrected chi connectivity index (χ3v) is 2.53. The van der Waals surface area contributed by atoms with Crippen molar-refractivity contribution in [2.24, 2.45) is 0 Å². The molecule has 0 aliphatic rings. The van der Waals surface area contributed by atoms with Crippen molar-refractivity contribution in [2.75, 3.05) is 19.1 Å². The Morgan fingerprint density at radius 1 is 1.47 bits per heavy atom. The number of hydrogen-bond acceptors (Lipinski definition) is 5. The number of alkyl carbamates (subject to hydrolysis) is 1. The van der Waals surface area contributed by atoms with E-state index in [4.69, 9.17) is 5.11 Å². The molecule has 8 heteroatoms. The highest BCUT2D eigenvalue weighted by Crippen LogP contribution is 1.97. The molecule has 88 valence electrons. The first kappa shape index (κ1) is 13.7. The molecular weight excluding hydrogens is 226 g/mol. The first-order valence-corrected chi connectivity index (χ1v) is 6.07. The zero-order valence-corrected chi connectivity index (χ0v) is 9.20. The SMILES string of the molecule is COC(=O)N[C@@H](CCS(C)(=O)=O)C(=O)O. The number of nitrogens with one attached hydrogen (secondary N) is 1. The fourth-order valence-electron chi connectivity index (χ4n) is 0.790. The van der Waals surface area contributed by atoms with Crippen LogP contribution in [0.25, 0.3) is 0 Å². The number of carboxylic acid groups (broad SMARTS) is 1. The molecule has 0 saturated heterocycles. The largest absolute Gasteiger partial charge is 0.480 e. The molecule has 0 fully saturated rings. The number of methoxy groups -OCH3 is 1. The highest BCUT2D eigenvalue weighted by Gasteiger charge is 2.21. The van der Waals surface area contributed by atoms with Crippen molar-refractivity contribution < 1.29 is 27.9 Å². The number of carbonyl (C=O) groups excluding carboxylic acids is 1. The Hall–Kier alpha value is -1.31. The van der Waals surface area contributed by atoms with E-state index in [1.807, 2.05) is 5.32 Å². The van der Waals surface area contributed by atoms with Crippen LogP contribution in [0.1, 0.15) is 6.42 Å². The van der Waals surface area contributed by atoms with E-state index in [-0.39, 0.29) is 12.2 Å². The summed E-state index contributed by atoms with van der Waals surface area (Å²) < 4.78 is 25.8. The second-order valence-electron chi connectivity index (χ2n) is 2.95. The lowest BCUT2D eigenvalue weighted by Crippen LogP contribution is -2.41. The maximum absolute atomic E-state index is 10.8. The van der Waals surface area contributed by atoms with Crippen LogP contribution in [0, 0.1) is 0 Å². The van der Waals surface area contributed by atoms with E-state index in [0.717, 1.165) is 13.4 Å². The summed E-state index contributed by atoms with van der Waals surface area (Å²) in [6.07, 6.45) is -0.108. The number of carbonyl (C=O) groups is 2. The van der Waals surface area contributed by atoms with Gasteiger partial charge in [-0.1, -0.05) is 0 Å². The van der Waals surface area contributed by atoms with E-state index in [1.165, 1.54) is 0 Å². The van der Waals surface area contributed by atoms with Gasteiger partial charge < -0.3 is 15.2 Å². The van der Waals surface area contributed by atoms with E-state index >= 15 is 0 Å². The average Bonchev–Trinajstić information content (AvgIpc) is 2.09. The number of hydrogen-bond donors (Lipinski definition) is 2. The van der Waals surface area contributed by atoms with Gasteiger partial charge in [0.15, 0.2) is 0 Å². The molecule has 0 aliphatic heterocycles. The summed E-state index contributed by atoms with van der Waals surface area (Å²) in [6, 6.07) is -1.26. The van der Waals surface area contributed by atoms with Crippen LogP contribution in [0.4, 0.5) is 4.79 Å². The number of aliphatic carboxylic acids is 1. The van der Waals surface area contributed by atoms with Gasteiger partial charge in [-0.05, 0) is 6.42 Å². The van der Waals surface area contributed by atoms with Gasteiger partial charge >= 0.3 is 12.1 Å². The average molecular weight is 239 g/mol. The summed E-state index contributed by atoms with van der Waals surface area (Å²) in [5.41, 5.74) is 0.